The van der Waals surface area contributed by atoms with Crippen molar-refractivity contribution in [3.63, 3.8) is 0 Å². The highest BCUT2D eigenvalue weighted by molar-refractivity contribution is 9.10. The van der Waals surface area contributed by atoms with Gasteiger partial charge in [0, 0.05) is 22.3 Å². The van der Waals surface area contributed by atoms with Crippen LogP contribution in [0.4, 0.5) is 15.8 Å². The molecule has 2 rings (SSSR count). The molecule has 2 amide bonds. The highest BCUT2D eigenvalue weighted by Crippen LogP contribution is 2.19. The first-order valence-corrected chi connectivity index (χ1v) is 7.45. The minimum Gasteiger partial charge on any atom is -0.326 e. The Morgan fingerprint density at radius 3 is 2.45 bits per heavy atom. The van der Waals surface area contributed by atoms with E-state index in [4.69, 9.17) is 0 Å². The minimum absolute atomic E-state index is 0.0580. The molecule has 0 fully saturated rings. The fraction of sp³-hybridized carbons (Fsp3) is 0.125. The third kappa shape index (κ3) is 4.14. The Kier molecular flexibility index (Phi) is 5.27. The van der Waals surface area contributed by atoms with E-state index in [0.29, 0.717) is 22.3 Å². The van der Waals surface area contributed by atoms with Crippen LogP contribution in [0.15, 0.2) is 46.9 Å². The van der Waals surface area contributed by atoms with Gasteiger partial charge in [-0.15, -0.1) is 0 Å². The highest BCUT2D eigenvalue weighted by Gasteiger charge is 2.12. The van der Waals surface area contributed by atoms with Crippen LogP contribution in [0.3, 0.4) is 0 Å². The van der Waals surface area contributed by atoms with E-state index in [2.05, 4.69) is 26.6 Å². The van der Waals surface area contributed by atoms with Crippen molar-refractivity contribution in [3.05, 3.63) is 58.3 Å². The maximum atomic E-state index is 13.7. The number of hydrogen-bond donors (Lipinski definition) is 2. The molecule has 6 heteroatoms. The molecule has 0 atom stereocenters. The van der Waals surface area contributed by atoms with Crippen molar-refractivity contribution < 1.29 is 14.0 Å². The monoisotopic (exact) mass is 364 g/mol. The molecule has 0 aliphatic carbocycles. The zero-order valence-electron chi connectivity index (χ0n) is 11.8. The minimum atomic E-state index is -0.601. The van der Waals surface area contributed by atoms with E-state index in [-0.39, 0.29) is 11.5 Å². The van der Waals surface area contributed by atoms with Crippen molar-refractivity contribution in [1.82, 2.24) is 0 Å². The first-order chi connectivity index (χ1) is 10.5. The van der Waals surface area contributed by atoms with Crippen LogP contribution in [-0.2, 0) is 4.79 Å². The topological polar surface area (TPSA) is 58.2 Å². The van der Waals surface area contributed by atoms with E-state index in [1.165, 1.54) is 18.2 Å². The summed E-state index contributed by atoms with van der Waals surface area (Å²) in [5, 5.41) is 5.30. The Hall–Kier alpha value is -2.21. The number of rotatable bonds is 4. The van der Waals surface area contributed by atoms with Gasteiger partial charge in [-0.1, -0.05) is 28.9 Å². The fourth-order valence-electron chi connectivity index (χ4n) is 1.79. The fourth-order valence-corrected chi connectivity index (χ4v) is 2.16. The van der Waals surface area contributed by atoms with Gasteiger partial charge in [0.25, 0.3) is 5.91 Å². The predicted octanol–water partition coefficient (Wildman–Crippen LogP) is 4.19. The van der Waals surface area contributed by atoms with Crippen LogP contribution < -0.4 is 10.6 Å². The molecular formula is C16H14BrFN2O2. The average Bonchev–Trinajstić information content (AvgIpc) is 2.49. The molecule has 0 radical (unpaired) electrons. The van der Waals surface area contributed by atoms with Gasteiger partial charge in [0.05, 0.1) is 5.56 Å². The van der Waals surface area contributed by atoms with Gasteiger partial charge in [0.2, 0.25) is 5.91 Å². The largest absolute Gasteiger partial charge is 0.326 e. The summed E-state index contributed by atoms with van der Waals surface area (Å²) in [6.45, 7) is 1.75. The Labute approximate surface area is 135 Å². The lowest BCUT2D eigenvalue weighted by Gasteiger charge is -2.09. The van der Waals surface area contributed by atoms with Gasteiger partial charge in [-0.3, -0.25) is 9.59 Å². The third-order valence-corrected chi connectivity index (χ3v) is 3.39. The third-order valence-electron chi connectivity index (χ3n) is 2.90. The first-order valence-electron chi connectivity index (χ1n) is 6.66. The number of anilines is 2. The van der Waals surface area contributed by atoms with Crippen LogP contribution in [0.25, 0.3) is 0 Å². The van der Waals surface area contributed by atoms with Gasteiger partial charge in [0.15, 0.2) is 0 Å². The smallest absolute Gasteiger partial charge is 0.258 e. The van der Waals surface area contributed by atoms with Crippen LogP contribution in [-0.4, -0.2) is 11.8 Å². The highest BCUT2D eigenvalue weighted by atomic mass is 79.9. The Bertz CT molecular complexity index is 719. The summed E-state index contributed by atoms with van der Waals surface area (Å²) in [5.74, 6) is -1.28. The van der Waals surface area contributed by atoms with E-state index in [1.54, 1.807) is 31.2 Å². The standard InChI is InChI=1S/C16H14BrFN2O2/c1-2-15(21)19-11-4-3-5-12(9-11)20-16(22)13-8-10(17)6-7-14(13)18/h3-9H,2H2,1H3,(H,19,21)(H,20,22). The number of carbonyl (C=O) groups excluding carboxylic acids is 2. The van der Waals surface area contributed by atoms with Crippen LogP contribution in [0, 0.1) is 5.82 Å². The summed E-state index contributed by atoms with van der Waals surface area (Å²) in [6.07, 6.45) is 0.361. The lowest BCUT2D eigenvalue weighted by molar-refractivity contribution is -0.115. The molecule has 2 N–H and O–H groups in total. The Balaban J connectivity index is 2.16. The number of halogens is 2. The number of benzene rings is 2. The molecule has 0 spiro atoms. The van der Waals surface area contributed by atoms with Gasteiger partial charge in [0.1, 0.15) is 5.82 Å². The number of carbonyl (C=O) groups is 2. The summed E-state index contributed by atoms with van der Waals surface area (Å²) >= 11 is 3.20. The molecule has 114 valence electrons. The maximum Gasteiger partial charge on any atom is 0.258 e. The van der Waals surface area contributed by atoms with Gasteiger partial charge in [-0.2, -0.15) is 0 Å². The second-order valence-corrected chi connectivity index (χ2v) is 5.48. The second-order valence-electron chi connectivity index (χ2n) is 4.56. The van der Waals surface area contributed by atoms with Crippen molar-refractivity contribution in [3.8, 4) is 0 Å². The molecular weight excluding hydrogens is 351 g/mol. The van der Waals surface area contributed by atoms with Crippen LogP contribution in [0.5, 0.6) is 0 Å². The Morgan fingerprint density at radius 1 is 1.09 bits per heavy atom. The van der Waals surface area contributed by atoms with Gasteiger partial charge < -0.3 is 10.6 Å². The van der Waals surface area contributed by atoms with E-state index in [0.717, 1.165) is 0 Å². The molecule has 0 saturated carbocycles. The quantitative estimate of drug-likeness (QED) is 0.854. The van der Waals surface area contributed by atoms with Crippen molar-refractivity contribution in [1.29, 1.82) is 0 Å². The van der Waals surface area contributed by atoms with Gasteiger partial charge >= 0.3 is 0 Å². The number of amides is 2. The zero-order chi connectivity index (χ0) is 16.1. The Morgan fingerprint density at radius 2 is 1.77 bits per heavy atom. The zero-order valence-corrected chi connectivity index (χ0v) is 13.4. The second kappa shape index (κ2) is 7.17. The van der Waals surface area contributed by atoms with Crippen molar-refractivity contribution in [2.24, 2.45) is 0 Å². The van der Waals surface area contributed by atoms with Crippen molar-refractivity contribution in [2.45, 2.75) is 13.3 Å². The van der Waals surface area contributed by atoms with Gasteiger partial charge in [-0.05, 0) is 36.4 Å². The van der Waals surface area contributed by atoms with E-state index in [9.17, 15) is 14.0 Å². The molecule has 0 saturated heterocycles. The maximum absolute atomic E-state index is 13.7. The molecule has 0 aromatic heterocycles. The normalized spacial score (nSPS) is 10.1. The van der Waals surface area contributed by atoms with Crippen molar-refractivity contribution in [2.75, 3.05) is 10.6 Å². The number of hydrogen-bond acceptors (Lipinski definition) is 2. The summed E-state index contributed by atoms with van der Waals surface area (Å²) in [4.78, 5) is 23.5. The molecule has 0 unspecified atom stereocenters. The lowest BCUT2D eigenvalue weighted by atomic mass is 10.2. The van der Waals surface area contributed by atoms with Crippen LogP contribution in [0.1, 0.15) is 23.7 Å². The summed E-state index contributed by atoms with van der Waals surface area (Å²) < 4.78 is 14.3. The number of nitrogens with one attached hydrogen (secondary N) is 2. The molecule has 0 aliphatic heterocycles. The van der Waals surface area contributed by atoms with E-state index in [1.807, 2.05) is 0 Å². The first kappa shape index (κ1) is 16.2. The van der Waals surface area contributed by atoms with E-state index < -0.39 is 11.7 Å². The SMILES string of the molecule is CCC(=O)Nc1cccc(NC(=O)c2cc(Br)ccc2F)c1. The summed E-state index contributed by atoms with van der Waals surface area (Å²) in [6, 6.07) is 10.8. The summed E-state index contributed by atoms with van der Waals surface area (Å²) in [5.41, 5.74) is 0.981. The molecule has 0 heterocycles. The molecule has 2 aromatic carbocycles. The average molecular weight is 365 g/mol. The molecule has 4 nitrogen and oxygen atoms in total. The van der Waals surface area contributed by atoms with Crippen molar-refractivity contribution >= 4 is 39.1 Å². The van der Waals surface area contributed by atoms with Gasteiger partial charge in [-0.25, -0.2) is 4.39 Å². The summed E-state index contributed by atoms with van der Waals surface area (Å²) in [7, 11) is 0. The molecule has 2 aromatic rings. The van der Waals surface area contributed by atoms with Crippen LogP contribution >= 0.6 is 15.9 Å². The molecule has 22 heavy (non-hydrogen) atoms. The molecule has 0 aliphatic rings. The van der Waals surface area contributed by atoms with E-state index >= 15 is 0 Å². The lowest BCUT2D eigenvalue weighted by Crippen LogP contribution is -2.14. The molecule has 0 bridgehead atoms. The predicted molar refractivity (Wildman–Crippen MR) is 87.4 cm³/mol. The van der Waals surface area contributed by atoms with Crippen LogP contribution in [0.2, 0.25) is 0 Å².